The van der Waals surface area contributed by atoms with Crippen molar-refractivity contribution in [2.24, 2.45) is 0 Å². The number of ether oxygens (including phenoxy) is 1. The van der Waals surface area contributed by atoms with E-state index in [1.807, 2.05) is 24.3 Å². The van der Waals surface area contributed by atoms with Crippen molar-refractivity contribution in [3.63, 3.8) is 0 Å². The number of hydrogen-bond acceptors (Lipinski definition) is 7. The Balaban J connectivity index is 1.53. The van der Waals surface area contributed by atoms with Crippen LogP contribution < -0.4 is 15.0 Å². The maximum Gasteiger partial charge on any atom is 0.260 e. The number of carbonyl (C=O) groups is 1. The number of rotatable bonds is 4. The molecule has 3 N–H and O–H groups in total. The van der Waals surface area contributed by atoms with Gasteiger partial charge >= 0.3 is 0 Å². The number of nitrogens with one attached hydrogen (secondary N) is 1. The SMILES string of the molecule is COc1cc(C(O)=C2C(=O)Nc3cc(Cl)c(-c4ccc(N5CC[C@@H](O)C5)cc4)cc32)on1. The maximum absolute atomic E-state index is 12.6. The van der Waals surface area contributed by atoms with E-state index >= 15 is 0 Å². The summed E-state index contributed by atoms with van der Waals surface area (Å²) in [5, 5.41) is 27.4. The monoisotopic (exact) mass is 453 g/mol. The first-order valence-electron chi connectivity index (χ1n) is 10.1. The normalized spacial score (nSPS) is 19.2. The molecule has 2 aliphatic heterocycles. The second-order valence-electron chi connectivity index (χ2n) is 7.72. The molecular formula is C23H20ClN3O5. The molecule has 0 saturated carbocycles. The van der Waals surface area contributed by atoms with Gasteiger partial charge in [-0.3, -0.25) is 4.79 Å². The van der Waals surface area contributed by atoms with Crippen molar-refractivity contribution in [1.29, 1.82) is 0 Å². The minimum atomic E-state index is -0.468. The molecule has 1 fully saturated rings. The van der Waals surface area contributed by atoms with Crippen molar-refractivity contribution in [1.82, 2.24) is 5.16 Å². The molecule has 5 rings (SSSR count). The summed E-state index contributed by atoms with van der Waals surface area (Å²) in [4.78, 5) is 14.7. The summed E-state index contributed by atoms with van der Waals surface area (Å²) in [6, 6.07) is 12.7. The third-order valence-corrected chi connectivity index (χ3v) is 6.04. The standard InChI is InChI=1S/C23H20ClN3O5/c1-31-20-10-19(32-26-20)22(29)21-16-8-15(17(24)9-18(16)25-23(21)30)12-2-4-13(5-3-12)27-7-6-14(28)11-27/h2-5,8-10,14,28-29H,6-7,11H2,1H3,(H,25,30)/t14-/m1/s1. The van der Waals surface area contributed by atoms with Gasteiger partial charge in [0.1, 0.15) is 0 Å². The van der Waals surface area contributed by atoms with Gasteiger partial charge in [0.05, 0.1) is 35.6 Å². The van der Waals surface area contributed by atoms with Gasteiger partial charge in [-0.05, 0) is 41.4 Å². The molecule has 164 valence electrons. The Morgan fingerprint density at radius 2 is 2.03 bits per heavy atom. The van der Waals surface area contributed by atoms with E-state index in [2.05, 4.69) is 15.4 Å². The number of methoxy groups -OCH3 is 1. The summed E-state index contributed by atoms with van der Waals surface area (Å²) in [5.41, 5.74) is 3.68. The molecule has 1 aromatic heterocycles. The Bertz CT molecular complexity index is 1230. The van der Waals surface area contributed by atoms with Crippen LogP contribution in [-0.4, -0.2) is 47.6 Å². The van der Waals surface area contributed by atoms with Gasteiger partial charge in [0.25, 0.3) is 11.8 Å². The number of halogens is 1. The first-order valence-corrected chi connectivity index (χ1v) is 10.5. The number of aliphatic hydroxyl groups is 2. The predicted molar refractivity (Wildman–Crippen MR) is 121 cm³/mol. The fourth-order valence-electron chi connectivity index (χ4n) is 4.07. The molecule has 2 aromatic carbocycles. The Labute approximate surface area is 188 Å². The zero-order chi connectivity index (χ0) is 22.4. The van der Waals surface area contributed by atoms with E-state index in [1.165, 1.54) is 13.2 Å². The average molecular weight is 454 g/mol. The average Bonchev–Trinajstić information content (AvgIpc) is 3.51. The van der Waals surface area contributed by atoms with Crippen LogP contribution in [0.15, 0.2) is 47.0 Å². The van der Waals surface area contributed by atoms with Crippen molar-refractivity contribution >= 4 is 40.2 Å². The van der Waals surface area contributed by atoms with Crippen LogP contribution in [0.3, 0.4) is 0 Å². The van der Waals surface area contributed by atoms with E-state index in [-0.39, 0.29) is 29.1 Å². The quantitative estimate of drug-likeness (QED) is 0.405. The van der Waals surface area contributed by atoms with Gasteiger partial charge in [0.15, 0.2) is 5.76 Å². The molecule has 0 bridgehead atoms. The molecule has 0 aliphatic carbocycles. The number of nitrogens with zero attached hydrogens (tertiary/aromatic N) is 2. The molecular weight excluding hydrogens is 434 g/mol. The number of hydrogen-bond donors (Lipinski definition) is 3. The fourth-order valence-corrected chi connectivity index (χ4v) is 4.34. The largest absolute Gasteiger partial charge is 0.504 e. The summed E-state index contributed by atoms with van der Waals surface area (Å²) in [6.45, 7) is 1.43. The van der Waals surface area contributed by atoms with Gasteiger partial charge in [-0.2, -0.15) is 0 Å². The second-order valence-corrected chi connectivity index (χ2v) is 8.13. The highest BCUT2D eigenvalue weighted by Crippen LogP contribution is 2.42. The molecule has 8 nitrogen and oxygen atoms in total. The smallest absolute Gasteiger partial charge is 0.260 e. The zero-order valence-electron chi connectivity index (χ0n) is 17.1. The topological polar surface area (TPSA) is 108 Å². The summed E-state index contributed by atoms with van der Waals surface area (Å²) >= 11 is 6.52. The maximum atomic E-state index is 12.6. The Morgan fingerprint density at radius 1 is 1.25 bits per heavy atom. The molecule has 1 saturated heterocycles. The number of aromatic nitrogens is 1. The first-order chi connectivity index (χ1) is 15.4. The summed E-state index contributed by atoms with van der Waals surface area (Å²) in [6.07, 6.45) is 0.461. The van der Waals surface area contributed by atoms with Crippen LogP contribution in [0.1, 0.15) is 17.7 Å². The van der Waals surface area contributed by atoms with Crippen LogP contribution in [0.5, 0.6) is 5.88 Å². The lowest BCUT2D eigenvalue weighted by molar-refractivity contribution is -0.110. The van der Waals surface area contributed by atoms with Gasteiger partial charge in [-0.25, -0.2) is 0 Å². The predicted octanol–water partition coefficient (Wildman–Crippen LogP) is 3.95. The molecule has 2 aliphatic rings. The fraction of sp³-hybridized carbons (Fsp3) is 0.217. The van der Waals surface area contributed by atoms with Crippen molar-refractivity contribution in [3.05, 3.63) is 58.8 Å². The van der Waals surface area contributed by atoms with Crippen molar-refractivity contribution in [2.45, 2.75) is 12.5 Å². The Morgan fingerprint density at radius 3 is 2.69 bits per heavy atom. The third-order valence-electron chi connectivity index (χ3n) is 5.73. The number of aliphatic hydroxyl groups excluding tert-OH is 2. The van der Waals surface area contributed by atoms with E-state index in [9.17, 15) is 15.0 Å². The minimum absolute atomic E-state index is 0.0218. The van der Waals surface area contributed by atoms with Crippen LogP contribution in [0.4, 0.5) is 11.4 Å². The van der Waals surface area contributed by atoms with E-state index < -0.39 is 5.91 Å². The van der Waals surface area contributed by atoms with Crippen LogP contribution in [-0.2, 0) is 4.79 Å². The van der Waals surface area contributed by atoms with E-state index in [0.29, 0.717) is 22.8 Å². The number of carbonyl (C=O) groups excluding carboxylic acids is 1. The summed E-state index contributed by atoms with van der Waals surface area (Å²) < 4.78 is 10.1. The highest BCUT2D eigenvalue weighted by molar-refractivity contribution is 6.38. The number of β-amino-alcohol motifs (C(OH)–C–C–N with tert-alkyl or cyclic N) is 1. The Hall–Kier alpha value is -3.49. The summed E-state index contributed by atoms with van der Waals surface area (Å²) in [5.74, 6) is -0.598. The molecule has 32 heavy (non-hydrogen) atoms. The number of amides is 1. The van der Waals surface area contributed by atoms with E-state index in [4.69, 9.17) is 20.9 Å². The zero-order valence-corrected chi connectivity index (χ0v) is 17.9. The van der Waals surface area contributed by atoms with Crippen molar-refractivity contribution in [2.75, 3.05) is 30.4 Å². The highest BCUT2D eigenvalue weighted by atomic mass is 35.5. The lowest BCUT2D eigenvalue weighted by atomic mass is 9.98. The van der Waals surface area contributed by atoms with Gasteiger partial charge in [-0.1, -0.05) is 23.7 Å². The minimum Gasteiger partial charge on any atom is -0.504 e. The molecule has 0 radical (unpaired) electrons. The van der Waals surface area contributed by atoms with Gasteiger partial charge < -0.3 is 29.7 Å². The van der Waals surface area contributed by atoms with Gasteiger partial charge in [-0.15, -0.1) is 0 Å². The van der Waals surface area contributed by atoms with E-state index in [1.54, 1.807) is 12.1 Å². The summed E-state index contributed by atoms with van der Waals surface area (Å²) in [7, 11) is 1.43. The van der Waals surface area contributed by atoms with Crippen LogP contribution in [0, 0.1) is 0 Å². The first kappa shape index (κ1) is 20.4. The van der Waals surface area contributed by atoms with Crippen molar-refractivity contribution < 1.29 is 24.3 Å². The third kappa shape index (κ3) is 3.47. The number of benzene rings is 2. The number of fused-ring (bicyclic) bond motifs is 1. The Kier molecular flexibility index (Phi) is 5.03. The van der Waals surface area contributed by atoms with Crippen LogP contribution >= 0.6 is 11.6 Å². The van der Waals surface area contributed by atoms with Gasteiger partial charge in [0.2, 0.25) is 5.76 Å². The van der Waals surface area contributed by atoms with E-state index in [0.717, 1.165) is 29.8 Å². The van der Waals surface area contributed by atoms with Crippen LogP contribution in [0.2, 0.25) is 5.02 Å². The van der Waals surface area contributed by atoms with Crippen molar-refractivity contribution in [3.8, 4) is 17.0 Å². The molecule has 0 unspecified atom stereocenters. The molecule has 1 atom stereocenters. The lowest BCUT2D eigenvalue weighted by Crippen LogP contribution is -2.20. The number of anilines is 2. The molecule has 3 heterocycles. The van der Waals surface area contributed by atoms with Gasteiger partial charge in [0, 0.05) is 29.9 Å². The highest BCUT2D eigenvalue weighted by Gasteiger charge is 2.31. The lowest BCUT2D eigenvalue weighted by Gasteiger charge is -2.18. The second kappa shape index (κ2) is 7.89. The molecule has 9 heteroatoms. The molecule has 3 aromatic rings. The molecule has 1 amide bonds. The van der Waals surface area contributed by atoms with Crippen LogP contribution in [0.25, 0.3) is 22.5 Å². The molecule has 0 spiro atoms.